The van der Waals surface area contributed by atoms with E-state index in [4.69, 9.17) is 11.5 Å². The molecule has 5 amide bonds. The van der Waals surface area contributed by atoms with Gasteiger partial charge in [-0.25, -0.2) is 0 Å². The van der Waals surface area contributed by atoms with Gasteiger partial charge in [0.2, 0.25) is 29.5 Å². The van der Waals surface area contributed by atoms with Crippen LogP contribution in [0.1, 0.15) is 16.7 Å². The molecule has 1 saturated heterocycles. The minimum absolute atomic E-state index is 0.0834. The number of phenolic OH excluding ortho intramolecular Hbond substituents is 1. The van der Waals surface area contributed by atoms with Crippen LogP contribution in [0.4, 0.5) is 0 Å². The standard InChI is InChI=1S/C38H42N6O6S2/c39-29(17-24-13-15-27(45)16-14-24)35(47)44-33-21-52-22-51-20-32(34(40)46)43-37(49)31(19-26-11-6-10-25-9-4-5-12-28(25)26)42-36(48)30(41-38(33)50)18-23-7-2-1-3-8-23/h1-16,29-33,45H,17-22,39H2,(H2,40,46)(H,41,50)(H,42,48)(H,43,49)(H,44,47)/t29-,30-,31-,32-,33+/m0/s1. The summed E-state index contributed by atoms with van der Waals surface area (Å²) >= 11 is 2.67. The van der Waals surface area contributed by atoms with Gasteiger partial charge in [-0.05, 0) is 46.0 Å². The van der Waals surface area contributed by atoms with Crippen molar-refractivity contribution in [3.05, 3.63) is 114 Å². The van der Waals surface area contributed by atoms with Gasteiger partial charge >= 0.3 is 0 Å². The molecule has 0 unspecified atom stereocenters. The smallest absolute Gasteiger partial charge is 0.244 e. The molecule has 0 spiro atoms. The highest BCUT2D eigenvalue weighted by molar-refractivity contribution is 8.16. The van der Waals surface area contributed by atoms with Crippen LogP contribution in [0.15, 0.2) is 97.1 Å². The molecule has 0 aromatic heterocycles. The Hall–Kier alpha value is -5.05. The fraction of sp³-hybridized carbons (Fsp3) is 0.289. The van der Waals surface area contributed by atoms with Gasteiger partial charge in [-0.2, -0.15) is 0 Å². The number of carbonyl (C=O) groups excluding carboxylic acids is 5. The molecule has 0 radical (unpaired) electrons. The second-order valence-corrected chi connectivity index (χ2v) is 14.9. The molecule has 52 heavy (non-hydrogen) atoms. The average Bonchev–Trinajstić information content (AvgIpc) is 3.14. The molecule has 0 aliphatic carbocycles. The predicted molar refractivity (Wildman–Crippen MR) is 204 cm³/mol. The number of rotatable bonds is 9. The number of benzene rings is 4. The van der Waals surface area contributed by atoms with E-state index in [2.05, 4.69) is 21.3 Å². The first-order valence-electron chi connectivity index (χ1n) is 16.8. The van der Waals surface area contributed by atoms with Gasteiger partial charge in [0.15, 0.2) is 0 Å². The van der Waals surface area contributed by atoms with Gasteiger partial charge in [0.1, 0.15) is 29.9 Å². The van der Waals surface area contributed by atoms with E-state index in [9.17, 15) is 29.1 Å². The van der Waals surface area contributed by atoms with Crippen molar-refractivity contribution in [2.24, 2.45) is 11.5 Å². The number of hydrogen-bond acceptors (Lipinski definition) is 9. The summed E-state index contributed by atoms with van der Waals surface area (Å²) in [5, 5.41) is 23.0. The molecular formula is C38H42N6O6S2. The summed E-state index contributed by atoms with van der Waals surface area (Å²) in [7, 11) is 0. The van der Waals surface area contributed by atoms with E-state index in [1.54, 1.807) is 12.1 Å². The first kappa shape index (κ1) is 38.2. The first-order chi connectivity index (χ1) is 25.1. The Bertz CT molecular complexity index is 1870. The van der Waals surface area contributed by atoms with Crippen molar-refractivity contribution in [1.29, 1.82) is 0 Å². The molecule has 1 heterocycles. The van der Waals surface area contributed by atoms with Crippen molar-refractivity contribution < 1.29 is 29.1 Å². The predicted octanol–water partition coefficient (Wildman–Crippen LogP) is 1.76. The Labute approximate surface area is 310 Å². The lowest BCUT2D eigenvalue weighted by Gasteiger charge is -2.26. The lowest BCUT2D eigenvalue weighted by Crippen LogP contribution is -2.60. The van der Waals surface area contributed by atoms with Crippen LogP contribution in [-0.2, 0) is 43.2 Å². The van der Waals surface area contributed by atoms with Gasteiger partial charge in [-0.1, -0.05) is 84.9 Å². The van der Waals surface area contributed by atoms with Crippen molar-refractivity contribution in [3.8, 4) is 5.75 Å². The number of primary amides is 1. The number of nitrogens with two attached hydrogens (primary N) is 2. The number of fused-ring (bicyclic) bond motifs is 1. The Balaban J connectivity index is 1.43. The van der Waals surface area contributed by atoms with Crippen molar-refractivity contribution in [2.45, 2.75) is 49.5 Å². The van der Waals surface area contributed by atoms with Gasteiger partial charge in [0.05, 0.1) is 6.04 Å². The van der Waals surface area contributed by atoms with E-state index in [0.29, 0.717) is 5.08 Å². The summed E-state index contributed by atoms with van der Waals surface area (Å²) in [6.07, 6.45) is 0.349. The number of aromatic hydroxyl groups is 1. The number of nitrogens with one attached hydrogen (secondary N) is 4. The molecule has 12 nitrogen and oxygen atoms in total. The zero-order valence-electron chi connectivity index (χ0n) is 28.3. The van der Waals surface area contributed by atoms with Gasteiger partial charge < -0.3 is 37.8 Å². The number of carbonyl (C=O) groups is 5. The van der Waals surface area contributed by atoms with Crippen LogP contribution < -0.4 is 32.7 Å². The lowest BCUT2D eigenvalue weighted by atomic mass is 9.97. The highest BCUT2D eigenvalue weighted by atomic mass is 32.2. The van der Waals surface area contributed by atoms with E-state index >= 15 is 0 Å². The lowest BCUT2D eigenvalue weighted by molar-refractivity contribution is -0.134. The number of thioether (sulfide) groups is 2. The van der Waals surface area contributed by atoms with Crippen LogP contribution in [-0.4, -0.2) is 81.4 Å². The fourth-order valence-corrected chi connectivity index (χ4v) is 8.00. The van der Waals surface area contributed by atoms with E-state index in [1.165, 1.54) is 35.7 Å². The Morgan fingerprint density at radius 3 is 2.13 bits per heavy atom. The molecule has 1 aliphatic rings. The Morgan fingerprint density at radius 1 is 0.750 bits per heavy atom. The molecule has 5 atom stereocenters. The minimum Gasteiger partial charge on any atom is -0.508 e. The molecule has 4 aromatic rings. The van der Waals surface area contributed by atoms with Gasteiger partial charge in [0, 0.05) is 29.4 Å². The quantitative estimate of drug-likeness (QED) is 0.133. The maximum atomic E-state index is 14.2. The molecule has 0 bridgehead atoms. The third-order valence-corrected chi connectivity index (χ3v) is 11.1. The maximum absolute atomic E-state index is 14.2. The van der Waals surface area contributed by atoms with Crippen molar-refractivity contribution in [2.75, 3.05) is 16.6 Å². The van der Waals surface area contributed by atoms with Gasteiger partial charge in [-0.3, -0.25) is 24.0 Å². The second-order valence-electron chi connectivity index (χ2n) is 12.5. The fourth-order valence-electron chi connectivity index (χ4n) is 5.80. The van der Waals surface area contributed by atoms with Gasteiger partial charge in [0.25, 0.3) is 0 Å². The molecule has 14 heteroatoms. The van der Waals surface area contributed by atoms with Crippen molar-refractivity contribution >= 4 is 63.8 Å². The van der Waals surface area contributed by atoms with E-state index in [-0.39, 0.29) is 36.5 Å². The van der Waals surface area contributed by atoms with Crippen LogP contribution >= 0.6 is 23.5 Å². The summed E-state index contributed by atoms with van der Waals surface area (Å²) in [5.41, 5.74) is 14.2. The normalized spacial score (nSPS) is 21.1. The summed E-state index contributed by atoms with van der Waals surface area (Å²) < 4.78 is 0. The number of hydrogen-bond donors (Lipinski definition) is 7. The molecule has 5 rings (SSSR count). The van der Waals surface area contributed by atoms with Crippen LogP contribution in [0, 0.1) is 0 Å². The molecule has 1 fully saturated rings. The Kier molecular flexibility index (Phi) is 13.5. The molecule has 0 saturated carbocycles. The first-order valence-corrected chi connectivity index (χ1v) is 19.1. The van der Waals surface area contributed by atoms with E-state index in [0.717, 1.165) is 27.5 Å². The summed E-state index contributed by atoms with van der Waals surface area (Å²) in [6, 6.07) is 23.4. The minimum atomic E-state index is -1.14. The SMILES string of the molecule is NC(=O)[C@@H]1CSCSC[C@@H](NC(=O)[C@@H](N)Cc2ccc(O)cc2)C(=O)N[C@@H](Cc2ccccc2)C(=O)N[C@@H](Cc2cccc3ccccc23)C(=O)N1. The van der Waals surface area contributed by atoms with Crippen molar-refractivity contribution in [1.82, 2.24) is 21.3 Å². The molecule has 272 valence electrons. The molecule has 4 aromatic carbocycles. The summed E-state index contributed by atoms with van der Waals surface area (Å²) in [6.45, 7) is 0. The monoisotopic (exact) mass is 742 g/mol. The van der Waals surface area contributed by atoms with Gasteiger partial charge in [-0.15, -0.1) is 23.5 Å². The van der Waals surface area contributed by atoms with Crippen LogP contribution in [0.3, 0.4) is 0 Å². The highest BCUT2D eigenvalue weighted by Gasteiger charge is 2.32. The third-order valence-electron chi connectivity index (χ3n) is 8.61. The number of phenols is 1. The Morgan fingerprint density at radius 2 is 1.38 bits per heavy atom. The van der Waals surface area contributed by atoms with Crippen LogP contribution in [0.25, 0.3) is 10.8 Å². The third kappa shape index (κ3) is 10.7. The molecular weight excluding hydrogens is 701 g/mol. The average molecular weight is 743 g/mol. The zero-order valence-corrected chi connectivity index (χ0v) is 30.0. The summed E-state index contributed by atoms with van der Waals surface area (Å²) in [5.74, 6) is -2.74. The highest BCUT2D eigenvalue weighted by Crippen LogP contribution is 2.21. The van der Waals surface area contributed by atoms with Crippen molar-refractivity contribution in [3.63, 3.8) is 0 Å². The largest absolute Gasteiger partial charge is 0.508 e. The van der Waals surface area contributed by atoms with Crippen LogP contribution in [0.5, 0.6) is 5.75 Å². The van der Waals surface area contributed by atoms with E-state index in [1.807, 2.05) is 72.8 Å². The molecule has 9 N–H and O–H groups in total. The number of amides is 5. The summed E-state index contributed by atoms with van der Waals surface area (Å²) in [4.78, 5) is 67.7. The van der Waals surface area contributed by atoms with E-state index < -0.39 is 59.7 Å². The van der Waals surface area contributed by atoms with Crippen LogP contribution in [0.2, 0.25) is 0 Å². The second kappa shape index (κ2) is 18.4. The zero-order chi connectivity index (χ0) is 37.0. The topological polar surface area (TPSA) is 206 Å². The molecule has 1 aliphatic heterocycles. The maximum Gasteiger partial charge on any atom is 0.244 e.